The van der Waals surface area contributed by atoms with E-state index >= 15 is 0 Å². The molecule has 23 nitrogen and oxygen atoms in total. The Morgan fingerprint density at radius 3 is 1.06 bits per heavy atom. The van der Waals surface area contributed by atoms with Crippen molar-refractivity contribution in [3.63, 3.8) is 0 Å². The van der Waals surface area contributed by atoms with Crippen molar-refractivity contribution >= 4 is 182 Å². The predicted octanol–water partition coefficient (Wildman–Crippen LogP) is 20.1. The molecule has 584 valence electrons. The molecule has 27 heteroatoms. The van der Waals surface area contributed by atoms with E-state index in [1.165, 1.54) is 5.56 Å². The number of aromatic nitrogens is 7. The minimum absolute atomic E-state index is 0. The quantitative estimate of drug-likeness (QED) is 0.0482. The molecular formula is C85H95Br4N14O9+3. The zero-order valence-corrected chi connectivity index (χ0v) is 69.3. The summed E-state index contributed by atoms with van der Waals surface area (Å²) in [5.41, 5.74) is 34.4. The fourth-order valence-corrected chi connectivity index (χ4v) is 13.1. The van der Waals surface area contributed by atoms with Crippen LogP contribution in [-0.4, -0.2) is 66.7 Å². The minimum Gasteiger partial charge on any atom is -0.456 e. The van der Waals surface area contributed by atoms with Gasteiger partial charge in [-0.25, -0.2) is 52.8 Å². The number of benzene rings is 5. The smallest absolute Gasteiger partial charge is 0.425 e. The summed E-state index contributed by atoms with van der Waals surface area (Å²) < 4.78 is 35.9. The van der Waals surface area contributed by atoms with E-state index in [1.54, 1.807) is 108 Å². The Bertz CT molecular complexity index is 5460. The third-order valence-electron chi connectivity index (χ3n) is 16.1. The van der Waals surface area contributed by atoms with Gasteiger partial charge in [0.05, 0.1) is 19.0 Å². The number of amides is 4. The van der Waals surface area contributed by atoms with Crippen molar-refractivity contribution in [2.75, 3.05) is 38.5 Å². The number of carbonyl (C=O) groups is 4. The van der Waals surface area contributed by atoms with E-state index in [9.17, 15) is 19.2 Å². The van der Waals surface area contributed by atoms with Gasteiger partial charge >= 0.3 is 24.4 Å². The molecule has 0 aliphatic rings. The summed E-state index contributed by atoms with van der Waals surface area (Å²) in [5, 5.41) is 9.23. The van der Waals surface area contributed by atoms with Crippen LogP contribution in [0.3, 0.4) is 0 Å². The molecule has 8 heterocycles. The summed E-state index contributed by atoms with van der Waals surface area (Å²) in [6.07, 6.45) is 15.0. The Hall–Kier alpha value is -10.9. The molecule has 0 unspecified atom stereocenters. The first-order chi connectivity index (χ1) is 51.9. The summed E-state index contributed by atoms with van der Waals surface area (Å²) >= 11 is 14.0. The largest absolute Gasteiger partial charge is 0.456 e. The fraction of sp³-hybridized carbons (Fsp3) is 0.259. The number of carbonyl (C=O) groups excluding carboxylic acids is 4. The number of pyridine rings is 7. The van der Waals surface area contributed by atoms with Crippen LogP contribution < -0.4 is 52.2 Å². The van der Waals surface area contributed by atoms with Crippen molar-refractivity contribution < 1.29 is 56.2 Å². The van der Waals surface area contributed by atoms with Crippen LogP contribution in [0.1, 0.15) is 120 Å². The lowest BCUT2D eigenvalue weighted by molar-refractivity contribution is -0.688. The Morgan fingerprint density at radius 1 is 0.393 bits per heavy atom. The van der Waals surface area contributed by atoms with E-state index < -0.39 is 46.8 Å². The monoisotopic (exact) mass is 1770 g/mol. The van der Waals surface area contributed by atoms with Gasteiger partial charge < -0.3 is 52.0 Å². The van der Waals surface area contributed by atoms with Gasteiger partial charge in [0.25, 0.3) is 0 Å². The number of imide groups is 2. The lowest BCUT2D eigenvalue weighted by Gasteiger charge is -2.28. The average Bonchev–Trinajstić information content (AvgIpc) is 1.36. The van der Waals surface area contributed by atoms with Gasteiger partial charge in [-0.3, -0.25) is 0 Å². The molecule has 112 heavy (non-hydrogen) atoms. The van der Waals surface area contributed by atoms with Crippen molar-refractivity contribution in [3.05, 3.63) is 237 Å². The summed E-state index contributed by atoms with van der Waals surface area (Å²) in [6, 6.07) is 45.6. The van der Waals surface area contributed by atoms with E-state index in [0.29, 0.717) is 38.1 Å². The number of fused-ring (bicyclic) bond motifs is 5. The first-order valence-electron chi connectivity index (χ1n) is 34.8. The zero-order chi connectivity index (χ0) is 79.7. The maximum atomic E-state index is 13.0. The first-order valence-corrected chi connectivity index (χ1v) is 38.3. The summed E-state index contributed by atoms with van der Waals surface area (Å²) in [4.78, 5) is 70.6. The Balaban J connectivity index is 0.000000189. The summed E-state index contributed by atoms with van der Waals surface area (Å²) in [6.45, 7) is 22.8. The van der Waals surface area contributed by atoms with E-state index in [-0.39, 0.29) is 26.5 Å². The van der Waals surface area contributed by atoms with Crippen LogP contribution in [0.2, 0.25) is 0 Å². The number of ether oxygens (including phenoxy) is 4. The molecule has 5 aromatic carbocycles. The predicted molar refractivity (Wildman–Crippen MR) is 461 cm³/mol. The molecule has 4 amide bonds. The van der Waals surface area contributed by atoms with E-state index in [1.807, 2.05) is 145 Å². The lowest BCUT2D eigenvalue weighted by Crippen LogP contribution is -2.44. The van der Waals surface area contributed by atoms with Gasteiger partial charge in [-0.15, -0.1) is 0 Å². The topological polar surface area (TPSA) is 318 Å². The molecule has 13 aromatic rings. The van der Waals surface area contributed by atoms with Crippen LogP contribution in [0, 0.1) is 0 Å². The standard InChI is InChI=1S/C25H29BrN4O4.C23H18N4O.C20H24Br2N2O4.C15H13BrN4.2CH4/c1-24(2,3)33-22(31)30(23(32)34-25(4,5)6)21-20(26)19-13-16(7-8-17(19)14-28-21)15-29-11-9-18(27)10-12-29;24-18-7-9-27(10-8-18)14-15-5-6-17-13-26-23(25)22(19(17)11-15)21-12-16-3-1-2-4-20(16)28-21;1-19(2,3)27-17(25)24(18(26)28-20(4,5)6)16-15(22)14-9-12(10-21)7-8-13(14)11-23-16;16-14-13-7-10(1-2-11(13)8-19-15(14)18)9-20-5-3-12(17)4-6-20;;/h7-14,27H,15H2,1-6H3;1-13,24H,14H2,(H2,25,26);7-9,11H,10H2,1-6H3;1-8,17H,9H2,(H2,18,19);2*1H4/p+3. The van der Waals surface area contributed by atoms with Crippen LogP contribution >= 0.6 is 63.7 Å². The van der Waals surface area contributed by atoms with Crippen molar-refractivity contribution in [2.45, 2.75) is 145 Å². The number of halogens is 4. The number of anilines is 7. The van der Waals surface area contributed by atoms with Crippen molar-refractivity contribution in [3.8, 4) is 11.3 Å². The second-order valence-corrected chi connectivity index (χ2v) is 32.7. The van der Waals surface area contributed by atoms with E-state index in [2.05, 4.69) is 129 Å². The van der Waals surface area contributed by atoms with Crippen LogP contribution in [0.4, 0.5) is 59.5 Å². The molecule has 0 spiro atoms. The van der Waals surface area contributed by atoms with Gasteiger partial charge in [-0.2, -0.15) is 9.80 Å². The van der Waals surface area contributed by atoms with Crippen LogP contribution in [0.5, 0.6) is 0 Å². The SMILES string of the molecule is C.C.CC(C)(C)OC(=O)N(C(=O)OC(C)(C)C)c1ncc2ccc(CBr)cc2c1Br.CC(C)(C)OC(=O)N(C(=O)OC(C)(C)C)c1ncc2ccc(C[n+]3ccc(N)cc3)cc2c1Br.Nc1cc[n+](Cc2ccc3cnc(N)c(-c4cc5ccccc5o4)c3c2)cc1.Nc1cc[n+](Cc2ccc3cnc(N)c(Br)c3c2)cc1. The summed E-state index contributed by atoms with van der Waals surface area (Å²) in [7, 11) is 0. The average molecular weight is 1780 g/mol. The molecule has 0 radical (unpaired) electrons. The van der Waals surface area contributed by atoms with Gasteiger partial charge in [-0.05, 0) is 178 Å². The highest BCUT2D eigenvalue weighted by Crippen LogP contribution is 2.39. The molecule has 10 N–H and O–H groups in total. The number of nitrogens with two attached hydrogens (primary N) is 5. The summed E-state index contributed by atoms with van der Waals surface area (Å²) in [5.74, 6) is 1.91. The highest BCUT2D eigenvalue weighted by atomic mass is 79.9. The highest BCUT2D eigenvalue weighted by molar-refractivity contribution is 9.11. The van der Waals surface area contributed by atoms with Crippen molar-refractivity contribution in [1.82, 2.24) is 19.9 Å². The molecule has 8 aromatic heterocycles. The van der Waals surface area contributed by atoms with Gasteiger partial charge in [0.2, 0.25) is 0 Å². The van der Waals surface area contributed by atoms with Gasteiger partial charge in [0.1, 0.15) is 45.4 Å². The zero-order valence-electron chi connectivity index (χ0n) is 63.0. The number of nitrogen functional groups attached to an aromatic ring is 5. The van der Waals surface area contributed by atoms with Crippen LogP contribution in [0.25, 0.3) is 65.4 Å². The van der Waals surface area contributed by atoms with E-state index in [4.69, 9.17) is 52.0 Å². The molecule has 13 rings (SSSR count). The third kappa shape index (κ3) is 22.9. The number of furan rings is 1. The van der Waals surface area contributed by atoms with Gasteiger partial charge in [0.15, 0.2) is 68.5 Å². The molecule has 0 saturated carbocycles. The Kier molecular flexibility index (Phi) is 28.3. The second kappa shape index (κ2) is 36.5. The molecular weight excluding hydrogens is 1680 g/mol. The van der Waals surface area contributed by atoms with Crippen molar-refractivity contribution in [2.24, 2.45) is 0 Å². The number of alkyl halides is 1. The molecule has 0 aliphatic carbocycles. The number of nitrogens with zero attached hydrogens (tertiary/aromatic N) is 9. The minimum atomic E-state index is -0.872. The highest BCUT2D eigenvalue weighted by Gasteiger charge is 2.37. The van der Waals surface area contributed by atoms with Crippen LogP contribution in [0.15, 0.2) is 219 Å². The first kappa shape index (κ1) is 86.7. The number of hydrogen-bond donors (Lipinski definition) is 5. The molecule has 0 saturated heterocycles. The van der Waals surface area contributed by atoms with Gasteiger partial charge in [0, 0.05) is 143 Å². The van der Waals surface area contributed by atoms with Crippen LogP contribution in [-0.2, 0) is 43.9 Å². The molecule has 0 atom stereocenters. The maximum Gasteiger partial charge on any atom is 0.425 e. The fourth-order valence-electron chi connectivity index (χ4n) is 11.1. The van der Waals surface area contributed by atoms with E-state index in [0.717, 1.165) is 121 Å². The third-order valence-corrected chi connectivity index (χ3v) is 19.1. The Morgan fingerprint density at radius 2 is 0.705 bits per heavy atom. The molecule has 0 bridgehead atoms. The number of para-hydroxylation sites is 1. The van der Waals surface area contributed by atoms with Crippen molar-refractivity contribution in [1.29, 1.82) is 0 Å². The van der Waals surface area contributed by atoms with Gasteiger partial charge in [-0.1, -0.05) is 97.5 Å². The normalized spacial score (nSPS) is 11.4. The Labute approximate surface area is 686 Å². The number of rotatable bonds is 10. The molecule has 0 aliphatic heterocycles. The second-order valence-electron chi connectivity index (χ2n) is 29.7. The molecule has 0 fully saturated rings. The maximum absolute atomic E-state index is 13.0. The number of hydrogen-bond acceptors (Lipinski definition) is 18. The lowest BCUT2D eigenvalue weighted by atomic mass is 10.0.